The first kappa shape index (κ1) is 19.4. The molecule has 1 aliphatic heterocycles. The Morgan fingerprint density at radius 1 is 1.37 bits per heavy atom. The van der Waals surface area contributed by atoms with Gasteiger partial charge in [0.25, 0.3) is 5.91 Å². The zero-order chi connectivity index (χ0) is 19.2. The van der Waals surface area contributed by atoms with Crippen LogP contribution in [0.5, 0.6) is 0 Å². The van der Waals surface area contributed by atoms with Crippen LogP contribution in [0.3, 0.4) is 0 Å². The second-order valence-electron chi connectivity index (χ2n) is 7.10. The molecule has 0 spiro atoms. The van der Waals surface area contributed by atoms with Crippen molar-refractivity contribution in [3.8, 4) is 0 Å². The summed E-state index contributed by atoms with van der Waals surface area (Å²) in [4.78, 5) is 26.6. The number of aromatic amines is 1. The Bertz CT molecular complexity index is 805. The second kappa shape index (κ2) is 9.04. The summed E-state index contributed by atoms with van der Waals surface area (Å²) in [7, 11) is 0. The number of carbonyl (C=O) groups excluding carboxylic acids is 2. The molecule has 7 heteroatoms. The Labute approximate surface area is 164 Å². The lowest BCUT2D eigenvalue weighted by molar-refractivity contribution is -0.121. The maximum absolute atomic E-state index is 12.5. The number of benzene rings is 1. The summed E-state index contributed by atoms with van der Waals surface area (Å²) in [5.74, 6) is 0.322. The highest BCUT2D eigenvalue weighted by molar-refractivity contribution is 6.31. The average Bonchev–Trinajstić information content (AvgIpc) is 3.11. The van der Waals surface area contributed by atoms with Crippen molar-refractivity contribution < 1.29 is 9.59 Å². The van der Waals surface area contributed by atoms with E-state index < -0.39 is 0 Å². The fraction of sp³-hybridized carbons (Fsp3) is 0.450. The van der Waals surface area contributed by atoms with Crippen LogP contribution in [-0.4, -0.2) is 40.0 Å². The van der Waals surface area contributed by atoms with Crippen LogP contribution >= 0.6 is 11.6 Å². The number of aryl methyl sites for hydroxylation is 1. The zero-order valence-electron chi connectivity index (χ0n) is 15.5. The van der Waals surface area contributed by atoms with E-state index in [1.165, 1.54) is 0 Å². The quantitative estimate of drug-likeness (QED) is 0.796. The van der Waals surface area contributed by atoms with Crippen LogP contribution < -0.4 is 5.32 Å². The number of piperidine rings is 1. The van der Waals surface area contributed by atoms with Gasteiger partial charge in [-0.15, -0.1) is 0 Å². The average molecular weight is 389 g/mol. The van der Waals surface area contributed by atoms with Gasteiger partial charge in [-0.2, -0.15) is 5.10 Å². The van der Waals surface area contributed by atoms with Crippen LogP contribution in [0, 0.1) is 12.8 Å². The van der Waals surface area contributed by atoms with Gasteiger partial charge in [-0.05, 0) is 49.8 Å². The molecule has 27 heavy (non-hydrogen) atoms. The molecule has 1 saturated heterocycles. The minimum absolute atomic E-state index is 0.0151. The summed E-state index contributed by atoms with van der Waals surface area (Å²) in [6.45, 7) is 3.75. The topological polar surface area (TPSA) is 78.1 Å². The SMILES string of the molecule is Cc1cc(C(=O)N2CCCC(CCC(=O)NCc3ccccc3Cl)C2)n[nH]1. The molecule has 144 valence electrons. The Balaban J connectivity index is 1.44. The van der Waals surface area contributed by atoms with Gasteiger partial charge in [0.1, 0.15) is 5.69 Å². The Hall–Kier alpha value is -2.34. The number of nitrogens with zero attached hydrogens (tertiary/aromatic N) is 2. The summed E-state index contributed by atoms with van der Waals surface area (Å²) in [6, 6.07) is 9.27. The van der Waals surface area contributed by atoms with Crippen molar-refractivity contribution in [2.24, 2.45) is 5.92 Å². The van der Waals surface area contributed by atoms with Gasteiger partial charge in [-0.1, -0.05) is 29.8 Å². The molecule has 2 heterocycles. The number of aromatic nitrogens is 2. The van der Waals surface area contributed by atoms with E-state index in [0.29, 0.717) is 36.1 Å². The molecule has 1 unspecified atom stereocenters. The summed E-state index contributed by atoms with van der Waals surface area (Å²) in [5, 5.41) is 10.5. The first-order valence-electron chi connectivity index (χ1n) is 9.34. The summed E-state index contributed by atoms with van der Waals surface area (Å²) in [5.41, 5.74) is 2.25. The third-order valence-electron chi connectivity index (χ3n) is 4.94. The lowest BCUT2D eigenvalue weighted by atomic mass is 9.93. The number of amides is 2. The molecule has 0 bridgehead atoms. The smallest absolute Gasteiger partial charge is 0.274 e. The van der Waals surface area contributed by atoms with Gasteiger partial charge in [0, 0.05) is 36.8 Å². The number of carbonyl (C=O) groups is 2. The van der Waals surface area contributed by atoms with Gasteiger partial charge in [0.05, 0.1) is 0 Å². The predicted molar refractivity (Wildman–Crippen MR) is 104 cm³/mol. The fourth-order valence-corrected chi connectivity index (χ4v) is 3.64. The lowest BCUT2D eigenvalue weighted by Crippen LogP contribution is -2.40. The Kier molecular flexibility index (Phi) is 6.50. The molecule has 3 rings (SSSR count). The number of rotatable bonds is 6. The summed E-state index contributed by atoms with van der Waals surface area (Å²) in [6.07, 6.45) is 3.23. The lowest BCUT2D eigenvalue weighted by Gasteiger charge is -2.32. The predicted octanol–water partition coefficient (Wildman–Crippen LogP) is 3.32. The molecule has 1 aliphatic rings. The minimum atomic E-state index is -0.0350. The first-order chi connectivity index (χ1) is 13.0. The van der Waals surface area contributed by atoms with Crippen molar-refractivity contribution in [1.29, 1.82) is 0 Å². The monoisotopic (exact) mass is 388 g/mol. The van der Waals surface area contributed by atoms with Gasteiger partial charge < -0.3 is 10.2 Å². The number of hydrogen-bond acceptors (Lipinski definition) is 3. The van der Waals surface area contributed by atoms with Crippen molar-refractivity contribution in [3.63, 3.8) is 0 Å². The van der Waals surface area contributed by atoms with Crippen molar-refractivity contribution in [3.05, 3.63) is 52.3 Å². The minimum Gasteiger partial charge on any atom is -0.352 e. The summed E-state index contributed by atoms with van der Waals surface area (Å²) < 4.78 is 0. The van der Waals surface area contributed by atoms with E-state index in [-0.39, 0.29) is 11.8 Å². The van der Waals surface area contributed by atoms with Gasteiger partial charge in [-0.25, -0.2) is 0 Å². The van der Waals surface area contributed by atoms with Crippen LogP contribution in [0.4, 0.5) is 0 Å². The largest absolute Gasteiger partial charge is 0.352 e. The van der Waals surface area contributed by atoms with E-state index in [0.717, 1.165) is 37.1 Å². The number of halogens is 1. The van der Waals surface area contributed by atoms with Crippen molar-refractivity contribution >= 4 is 23.4 Å². The Morgan fingerprint density at radius 2 is 2.19 bits per heavy atom. The maximum atomic E-state index is 12.5. The third kappa shape index (κ3) is 5.32. The van der Waals surface area contributed by atoms with E-state index in [1.54, 1.807) is 6.07 Å². The highest BCUT2D eigenvalue weighted by Crippen LogP contribution is 2.22. The Morgan fingerprint density at radius 3 is 2.93 bits per heavy atom. The van der Waals surface area contributed by atoms with Gasteiger partial charge in [0.2, 0.25) is 5.91 Å². The molecule has 2 amide bonds. The number of nitrogens with one attached hydrogen (secondary N) is 2. The molecule has 1 aromatic carbocycles. The van der Waals surface area contributed by atoms with Crippen LogP contribution in [0.2, 0.25) is 5.02 Å². The molecule has 1 fully saturated rings. The highest BCUT2D eigenvalue weighted by Gasteiger charge is 2.26. The molecule has 6 nitrogen and oxygen atoms in total. The fourth-order valence-electron chi connectivity index (χ4n) is 3.43. The van der Waals surface area contributed by atoms with Crippen LogP contribution in [0.25, 0.3) is 0 Å². The third-order valence-corrected chi connectivity index (χ3v) is 5.31. The van der Waals surface area contributed by atoms with E-state index >= 15 is 0 Å². The zero-order valence-corrected chi connectivity index (χ0v) is 16.3. The van der Waals surface area contributed by atoms with E-state index in [4.69, 9.17) is 11.6 Å². The number of H-pyrrole nitrogens is 1. The first-order valence-corrected chi connectivity index (χ1v) is 9.72. The van der Waals surface area contributed by atoms with Crippen molar-refractivity contribution in [2.75, 3.05) is 13.1 Å². The van der Waals surface area contributed by atoms with Crippen molar-refractivity contribution in [2.45, 2.75) is 39.2 Å². The highest BCUT2D eigenvalue weighted by atomic mass is 35.5. The standard InChI is InChI=1S/C20H25ClN4O2/c1-14-11-18(24-23-14)20(27)25-10-4-5-15(13-25)8-9-19(26)22-12-16-6-2-3-7-17(16)21/h2-3,6-7,11,15H,4-5,8-10,12-13H2,1H3,(H,22,26)(H,23,24). The molecule has 1 aromatic heterocycles. The molecular weight excluding hydrogens is 364 g/mol. The van der Waals surface area contributed by atoms with E-state index in [9.17, 15) is 9.59 Å². The molecule has 0 aliphatic carbocycles. The summed E-state index contributed by atoms with van der Waals surface area (Å²) >= 11 is 6.11. The molecule has 0 saturated carbocycles. The van der Waals surface area contributed by atoms with Gasteiger partial charge in [0.15, 0.2) is 0 Å². The van der Waals surface area contributed by atoms with Gasteiger partial charge >= 0.3 is 0 Å². The number of likely N-dealkylation sites (tertiary alicyclic amines) is 1. The van der Waals surface area contributed by atoms with E-state index in [1.807, 2.05) is 36.1 Å². The number of hydrogen-bond donors (Lipinski definition) is 2. The van der Waals surface area contributed by atoms with Gasteiger partial charge in [-0.3, -0.25) is 14.7 Å². The molecule has 2 aromatic rings. The maximum Gasteiger partial charge on any atom is 0.274 e. The van der Waals surface area contributed by atoms with Crippen LogP contribution in [-0.2, 0) is 11.3 Å². The molecule has 1 atom stereocenters. The molecular formula is C20H25ClN4O2. The van der Waals surface area contributed by atoms with Crippen molar-refractivity contribution in [1.82, 2.24) is 20.4 Å². The van der Waals surface area contributed by atoms with Crippen LogP contribution in [0.15, 0.2) is 30.3 Å². The molecule has 2 N–H and O–H groups in total. The van der Waals surface area contributed by atoms with Crippen LogP contribution in [0.1, 0.15) is 47.4 Å². The normalized spacial score (nSPS) is 17.0. The van der Waals surface area contributed by atoms with E-state index in [2.05, 4.69) is 15.5 Å². The second-order valence-corrected chi connectivity index (χ2v) is 7.51. The molecule has 0 radical (unpaired) electrons.